The first kappa shape index (κ1) is 18.1. The first-order valence-corrected chi connectivity index (χ1v) is 9.62. The molecule has 0 unspecified atom stereocenters. The predicted molar refractivity (Wildman–Crippen MR) is 99.8 cm³/mol. The number of piperazine rings is 1. The molecule has 0 aliphatic carbocycles. The van der Waals surface area contributed by atoms with Crippen molar-refractivity contribution in [3.63, 3.8) is 0 Å². The van der Waals surface area contributed by atoms with Crippen molar-refractivity contribution in [3.05, 3.63) is 17.5 Å². The fourth-order valence-corrected chi connectivity index (χ4v) is 3.36. The normalized spacial score (nSPS) is 16.0. The van der Waals surface area contributed by atoms with Crippen LogP contribution in [0.2, 0.25) is 0 Å². The molecule has 0 amide bonds. The molecule has 23 heavy (non-hydrogen) atoms. The number of nitrogens with zero attached hydrogens (tertiary/aromatic N) is 3. The van der Waals surface area contributed by atoms with Crippen LogP contribution in [0, 0.1) is 0 Å². The minimum Gasteiger partial charge on any atom is -0.380 e. The van der Waals surface area contributed by atoms with Gasteiger partial charge in [0.15, 0.2) is 5.96 Å². The van der Waals surface area contributed by atoms with Crippen molar-refractivity contribution in [1.82, 2.24) is 10.2 Å². The van der Waals surface area contributed by atoms with Gasteiger partial charge in [-0.05, 0) is 30.9 Å². The molecule has 0 atom stereocenters. The van der Waals surface area contributed by atoms with Crippen molar-refractivity contribution in [1.29, 1.82) is 0 Å². The van der Waals surface area contributed by atoms with Crippen LogP contribution in [0.3, 0.4) is 0 Å². The molecule has 1 fully saturated rings. The van der Waals surface area contributed by atoms with Crippen molar-refractivity contribution < 1.29 is 4.74 Å². The van der Waals surface area contributed by atoms with E-state index in [1.165, 1.54) is 11.4 Å². The van der Waals surface area contributed by atoms with Gasteiger partial charge < -0.3 is 19.9 Å². The molecule has 1 aromatic rings. The van der Waals surface area contributed by atoms with E-state index in [0.29, 0.717) is 6.61 Å². The number of hydrogen-bond acceptors (Lipinski definition) is 4. The van der Waals surface area contributed by atoms with Gasteiger partial charge in [0.2, 0.25) is 0 Å². The molecule has 130 valence electrons. The lowest BCUT2D eigenvalue weighted by Gasteiger charge is -2.37. The van der Waals surface area contributed by atoms with Gasteiger partial charge >= 0.3 is 0 Å². The summed E-state index contributed by atoms with van der Waals surface area (Å²) in [6, 6.07) is 4.32. The molecule has 0 aromatic carbocycles. The third kappa shape index (κ3) is 6.03. The van der Waals surface area contributed by atoms with E-state index in [4.69, 9.17) is 9.73 Å². The van der Waals surface area contributed by atoms with E-state index in [1.807, 2.05) is 11.3 Å². The van der Waals surface area contributed by atoms with E-state index in [-0.39, 0.29) is 0 Å². The lowest BCUT2D eigenvalue weighted by molar-refractivity contribution is 0.138. The average Bonchev–Trinajstić information content (AvgIpc) is 3.12. The molecule has 1 aliphatic rings. The summed E-state index contributed by atoms with van der Waals surface area (Å²) < 4.78 is 5.60. The maximum Gasteiger partial charge on any atom is 0.194 e. The Morgan fingerprint density at radius 1 is 1.26 bits per heavy atom. The molecular formula is C17H30N4OS. The molecule has 1 aromatic heterocycles. The molecule has 6 heteroatoms. The number of thiophene rings is 1. The summed E-state index contributed by atoms with van der Waals surface area (Å²) in [6.45, 7) is 11.6. The van der Waals surface area contributed by atoms with Crippen molar-refractivity contribution in [3.8, 4) is 0 Å². The molecule has 0 bridgehead atoms. The minimum absolute atomic E-state index is 0.712. The average molecular weight is 339 g/mol. The SMILES string of the molecule is CCCCOCCN=C(NCC)N1CCN(c2cccs2)CC1. The maximum absolute atomic E-state index is 5.60. The van der Waals surface area contributed by atoms with Crippen LogP contribution >= 0.6 is 11.3 Å². The standard InChI is InChI=1S/C17H30N4OS/c1-3-5-13-22-14-8-19-17(18-4-2)21-11-9-20(10-12-21)16-7-6-15-23-16/h6-7,15H,3-5,8-14H2,1-2H3,(H,18,19). The van der Waals surface area contributed by atoms with Crippen LogP contribution in [0.4, 0.5) is 5.00 Å². The summed E-state index contributed by atoms with van der Waals surface area (Å²) in [5.74, 6) is 1.03. The highest BCUT2D eigenvalue weighted by molar-refractivity contribution is 7.14. The highest BCUT2D eigenvalue weighted by atomic mass is 32.1. The fraction of sp³-hybridized carbons (Fsp3) is 0.706. The minimum atomic E-state index is 0.712. The zero-order valence-corrected chi connectivity index (χ0v) is 15.3. The van der Waals surface area contributed by atoms with Crippen LogP contribution in [0.1, 0.15) is 26.7 Å². The molecular weight excluding hydrogens is 308 g/mol. The molecule has 0 spiro atoms. The zero-order chi connectivity index (χ0) is 16.3. The third-order valence-electron chi connectivity index (χ3n) is 3.87. The smallest absolute Gasteiger partial charge is 0.194 e. The fourth-order valence-electron chi connectivity index (χ4n) is 2.58. The van der Waals surface area contributed by atoms with Crippen LogP contribution in [-0.4, -0.2) is 63.3 Å². The second-order valence-electron chi connectivity index (χ2n) is 5.63. The summed E-state index contributed by atoms with van der Waals surface area (Å²) in [7, 11) is 0. The lowest BCUT2D eigenvalue weighted by Crippen LogP contribution is -2.52. The summed E-state index contributed by atoms with van der Waals surface area (Å²) in [6.07, 6.45) is 2.31. The first-order valence-electron chi connectivity index (χ1n) is 8.74. The van der Waals surface area contributed by atoms with E-state index < -0.39 is 0 Å². The quantitative estimate of drug-likeness (QED) is 0.449. The van der Waals surface area contributed by atoms with E-state index in [2.05, 4.69) is 46.5 Å². The van der Waals surface area contributed by atoms with Gasteiger partial charge in [-0.15, -0.1) is 11.3 Å². The second-order valence-corrected chi connectivity index (χ2v) is 6.55. The summed E-state index contributed by atoms with van der Waals surface area (Å²) in [5.41, 5.74) is 0. The van der Waals surface area contributed by atoms with Crippen LogP contribution in [0.25, 0.3) is 0 Å². The molecule has 2 rings (SSSR count). The van der Waals surface area contributed by atoms with Gasteiger partial charge in [-0.2, -0.15) is 0 Å². The number of hydrogen-bond donors (Lipinski definition) is 1. The van der Waals surface area contributed by atoms with E-state index >= 15 is 0 Å². The van der Waals surface area contributed by atoms with E-state index in [0.717, 1.165) is 58.3 Å². The Morgan fingerprint density at radius 2 is 2.09 bits per heavy atom. The van der Waals surface area contributed by atoms with Gasteiger partial charge in [0.25, 0.3) is 0 Å². The first-order chi connectivity index (χ1) is 11.3. The Bertz CT molecular complexity index is 441. The van der Waals surface area contributed by atoms with E-state index in [1.54, 1.807) is 0 Å². The lowest BCUT2D eigenvalue weighted by atomic mass is 10.3. The number of aliphatic imine (C=N–C) groups is 1. The molecule has 1 N–H and O–H groups in total. The summed E-state index contributed by atoms with van der Waals surface area (Å²) >= 11 is 1.82. The molecule has 0 saturated carbocycles. The van der Waals surface area contributed by atoms with Gasteiger partial charge in [-0.1, -0.05) is 13.3 Å². The molecule has 0 radical (unpaired) electrons. The Morgan fingerprint density at radius 3 is 2.74 bits per heavy atom. The molecule has 5 nitrogen and oxygen atoms in total. The number of unbranched alkanes of at least 4 members (excludes halogenated alkanes) is 1. The van der Waals surface area contributed by atoms with Crippen molar-refractivity contribution in [2.75, 3.05) is 57.4 Å². The summed E-state index contributed by atoms with van der Waals surface area (Å²) in [4.78, 5) is 9.53. The number of guanidine groups is 1. The zero-order valence-electron chi connectivity index (χ0n) is 14.5. The van der Waals surface area contributed by atoms with E-state index in [9.17, 15) is 0 Å². The Balaban J connectivity index is 1.77. The molecule has 2 heterocycles. The van der Waals surface area contributed by atoms with Crippen LogP contribution in [0.15, 0.2) is 22.5 Å². The predicted octanol–water partition coefficient (Wildman–Crippen LogP) is 2.65. The van der Waals surface area contributed by atoms with Gasteiger partial charge in [0, 0.05) is 39.3 Å². The number of anilines is 1. The van der Waals surface area contributed by atoms with Gasteiger partial charge in [0.1, 0.15) is 0 Å². The monoisotopic (exact) mass is 338 g/mol. The van der Waals surface area contributed by atoms with Crippen LogP contribution in [-0.2, 0) is 4.74 Å². The van der Waals surface area contributed by atoms with Crippen molar-refractivity contribution in [2.45, 2.75) is 26.7 Å². The highest BCUT2D eigenvalue weighted by Gasteiger charge is 2.20. The van der Waals surface area contributed by atoms with Gasteiger partial charge in [-0.3, -0.25) is 4.99 Å². The van der Waals surface area contributed by atoms with Crippen molar-refractivity contribution in [2.24, 2.45) is 4.99 Å². The van der Waals surface area contributed by atoms with Gasteiger partial charge in [-0.25, -0.2) is 0 Å². The topological polar surface area (TPSA) is 40.1 Å². The molecule has 1 saturated heterocycles. The second kappa shape index (κ2) is 10.5. The largest absolute Gasteiger partial charge is 0.380 e. The Kier molecular flexibility index (Phi) is 8.25. The van der Waals surface area contributed by atoms with Gasteiger partial charge in [0.05, 0.1) is 18.2 Å². The number of nitrogens with one attached hydrogen (secondary N) is 1. The summed E-state index contributed by atoms with van der Waals surface area (Å²) in [5, 5.41) is 6.92. The number of ether oxygens (including phenoxy) is 1. The van der Waals surface area contributed by atoms with Crippen molar-refractivity contribution >= 4 is 22.3 Å². The number of rotatable bonds is 8. The van der Waals surface area contributed by atoms with Crippen LogP contribution < -0.4 is 10.2 Å². The molecule has 1 aliphatic heterocycles. The maximum atomic E-state index is 5.60. The third-order valence-corrected chi connectivity index (χ3v) is 4.80. The van der Waals surface area contributed by atoms with Crippen LogP contribution in [0.5, 0.6) is 0 Å². The Hall–Kier alpha value is -1.27. The Labute approximate surface area is 144 Å². The highest BCUT2D eigenvalue weighted by Crippen LogP contribution is 2.22.